The summed E-state index contributed by atoms with van der Waals surface area (Å²) < 4.78 is 22.6. The third kappa shape index (κ3) is 12.6. The van der Waals surface area contributed by atoms with E-state index in [1.165, 1.54) is 38.5 Å². The standard InChI is InChI=1S/C31H44N2O5S2.Li.H/c1-4-39-22-26(19-24-12-6-5-7-13-24)32-21-25-16-17-28(29(20-25)27-14-9-8-11-23(27)2)31(35)33-38-30(34)15-10-18-40(3,36)37;;/h8-9,11,14,16-17,20,24,26,32H,4-7,10,12-13,15,18-19,21-22H2,1-3H3,(H,33,35);;/q;+1;-1. The molecule has 0 bridgehead atoms. The molecule has 222 valence electrons. The number of carbonyl (C=O) groups excluding carboxylic acids is 2. The van der Waals surface area contributed by atoms with E-state index < -0.39 is 21.7 Å². The predicted octanol–water partition coefficient (Wildman–Crippen LogP) is 2.97. The van der Waals surface area contributed by atoms with Crippen molar-refractivity contribution in [1.29, 1.82) is 0 Å². The van der Waals surface area contributed by atoms with Crippen molar-refractivity contribution in [3.63, 3.8) is 0 Å². The van der Waals surface area contributed by atoms with Gasteiger partial charge in [0.1, 0.15) is 9.84 Å². The zero-order valence-corrected chi connectivity index (χ0v) is 26.7. The Morgan fingerprint density at radius 3 is 2.51 bits per heavy atom. The summed E-state index contributed by atoms with van der Waals surface area (Å²) in [7, 11) is -3.16. The van der Waals surface area contributed by atoms with Crippen molar-refractivity contribution < 1.29 is 43.1 Å². The summed E-state index contributed by atoms with van der Waals surface area (Å²) in [5.74, 6) is 1.68. The summed E-state index contributed by atoms with van der Waals surface area (Å²) in [4.78, 5) is 30.1. The molecule has 41 heavy (non-hydrogen) atoms. The van der Waals surface area contributed by atoms with Gasteiger partial charge in [0, 0.05) is 31.0 Å². The Morgan fingerprint density at radius 1 is 1.10 bits per heavy atom. The van der Waals surface area contributed by atoms with Crippen molar-refractivity contribution in [3.8, 4) is 11.1 Å². The van der Waals surface area contributed by atoms with Crippen LogP contribution in [-0.2, 0) is 26.0 Å². The first kappa shape index (κ1) is 35.4. The molecule has 0 aromatic heterocycles. The molecule has 0 saturated heterocycles. The van der Waals surface area contributed by atoms with Crippen LogP contribution in [0.25, 0.3) is 11.1 Å². The Morgan fingerprint density at radius 2 is 1.83 bits per heavy atom. The number of hydrogen-bond acceptors (Lipinski definition) is 7. The number of rotatable bonds is 14. The fourth-order valence-electron chi connectivity index (χ4n) is 5.24. The maximum absolute atomic E-state index is 13.1. The number of carbonyl (C=O) groups is 2. The van der Waals surface area contributed by atoms with Crippen molar-refractivity contribution in [2.45, 2.75) is 77.8 Å². The van der Waals surface area contributed by atoms with Gasteiger partial charge in [0.05, 0.1) is 11.3 Å². The SMILES string of the molecule is CCSCC(CC1CCCCC1)NCc1ccc(C(=O)NOC(=O)CCCS(C)(=O)=O)c(-c2ccccc2C)c1.[H-].[Li+]. The Labute approximate surface area is 263 Å². The average Bonchev–Trinajstić information content (AvgIpc) is 2.93. The Bertz CT molecular complexity index is 1240. The van der Waals surface area contributed by atoms with Crippen molar-refractivity contribution in [1.82, 2.24) is 10.8 Å². The van der Waals surface area contributed by atoms with Crippen LogP contribution in [-0.4, -0.2) is 49.9 Å². The first-order chi connectivity index (χ1) is 19.2. The molecule has 1 amide bonds. The molecule has 1 atom stereocenters. The molecule has 2 N–H and O–H groups in total. The predicted molar refractivity (Wildman–Crippen MR) is 165 cm³/mol. The van der Waals surface area contributed by atoms with Gasteiger partial charge in [0.2, 0.25) is 0 Å². The van der Waals surface area contributed by atoms with Crippen LogP contribution in [0.4, 0.5) is 0 Å². The minimum absolute atomic E-state index is 0. The zero-order chi connectivity index (χ0) is 29.0. The zero-order valence-electron chi connectivity index (χ0n) is 26.0. The van der Waals surface area contributed by atoms with Gasteiger partial charge in [0.25, 0.3) is 5.91 Å². The topological polar surface area (TPSA) is 102 Å². The van der Waals surface area contributed by atoms with E-state index in [4.69, 9.17) is 4.84 Å². The number of hydrogen-bond donors (Lipinski definition) is 2. The maximum Gasteiger partial charge on any atom is 1.00 e. The van der Waals surface area contributed by atoms with Gasteiger partial charge in [-0.25, -0.2) is 13.2 Å². The molecule has 10 heteroatoms. The number of sulfone groups is 1. The van der Waals surface area contributed by atoms with Crippen LogP contribution < -0.4 is 29.7 Å². The smallest absolute Gasteiger partial charge is 1.00 e. The molecule has 0 radical (unpaired) electrons. The molecule has 1 fully saturated rings. The number of nitrogens with one attached hydrogen (secondary N) is 2. The quantitative estimate of drug-likeness (QED) is 0.256. The first-order valence-corrected chi connectivity index (χ1v) is 17.6. The van der Waals surface area contributed by atoms with E-state index in [9.17, 15) is 18.0 Å². The van der Waals surface area contributed by atoms with E-state index in [1.807, 2.05) is 55.1 Å². The van der Waals surface area contributed by atoms with Crippen molar-refractivity contribution in [3.05, 3.63) is 59.2 Å². The van der Waals surface area contributed by atoms with Gasteiger partial charge < -0.3 is 11.6 Å². The molecule has 3 rings (SSSR count). The van der Waals surface area contributed by atoms with Gasteiger partial charge in [-0.2, -0.15) is 17.2 Å². The summed E-state index contributed by atoms with van der Waals surface area (Å²) in [5, 5.41) is 3.80. The maximum atomic E-state index is 13.1. The Balaban J connectivity index is 0.00000441. The third-order valence-corrected chi connectivity index (χ3v) is 9.45. The van der Waals surface area contributed by atoms with Crippen LogP contribution in [0.1, 0.15) is 81.2 Å². The van der Waals surface area contributed by atoms with Crippen LogP contribution >= 0.6 is 11.8 Å². The fraction of sp³-hybridized carbons (Fsp3) is 0.548. The third-order valence-electron chi connectivity index (χ3n) is 7.38. The average molecular weight is 597 g/mol. The summed E-state index contributed by atoms with van der Waals surface area (Å²) in [6.45, 7) is 4.91. The Hall–Kier alpha value is -1.76. The molecule has 1 aliphatic rings. The van der Waals surface area contributed by atoms with Crippen LogP contribution in [0, 0.1) is 12.8 Å². The van der Waals surface area contributed by atoms with Crippen LogP contribution in [0.5, 0.6) is 0 Å². The molecule has 0 aliphatic heterocycles. The molecule has 1 aliphatic carbocycles. The molecule has 0 spiro atoms. The molecular weight excluding hydrogens is 551 g/mol. The monoisotopic (exact) mass is 596 g/mol. The van der Waals surface area contributed by atoms with E-state index in [2.05, 4.69) is 17.7 Å². The summed E-state index contributed by atoms with van der Waals surface area (Å²) in [5.41, 5.74) is 6.50. The second-order valence-electron chi connectivity index (χ2n) is 10.8. The van der Waals surface area contributed by atoms with Gasteiger partial charge in [-0.1, -0.05) is 69.4 Å². The largest absolute Gasteiger partial charge is 1.00 e. The summed E-state index contributed by atoms with van der Waals surface area (Å²) >= 11 is 1.98. The van der Waals surface area contributed by atoms with Gasteiger partial charge in [-0.15, -0.1) is 0 Å². The Kier molecular flexibility index (Phi) is 15.6. The number of amides is 1. The van der Waals surface area contributed by atoms with E-state index in [1.54, 1.807) is 6.07 Å². The van der Waals surface area contributed by atoms with Crippen molar-refractivity contribution >= 4 is 33.5 Å². The van der Waals surface area contributed by atoms with Gasteiger partial charge in [-0.3, -0.25) is 4.79 Å². The van der Waals surface area contributed by atoms with E-state index >= 15 is 0 Å². The van der Waals surface area contributed by atoms with E-state index in [-0.39, 0.29) is 38.9 Å². The van der Waals surface area contributed by atoms with Gasteiger partial charge >= 0.3 is 24.8 Å². The second kappa shape index (κ2) is 18.0. The molecule has 2 aromatic carbocycles. The normalized spacial score (nSPS) is 14.6. The molecule has 0 heterocycles. The van der Waals surface area contributed by atoms with Crippen LogP contribution in [0.2, 0.25) is 0 Å². The fourth-order valence-corrected chi connectivity index (χ4v) is 6.69. The van der Waals surface area contributed by atoms with Crippen molar-refractivity contribution in [2.24, 2.45) is 5.92 Å². The molecule has 7 nitrogen and oxygen atoms in total. The first-order valence-electron chi connectivity index (χ1n) is 14.3. The van der Waals surface area contributed by atoms with Crippen molar-refractivity contribution in [2.75, 3.05) is 23.5 Å². The van der Waals surface area contributed by atoms with E-state index in [0.29, 0.717) is 18.2 Å². The van der Waals surface area contributed by atoms with Crippen LogP contribution in [0.3, 0.4) is 0 Å². The number of aryl methyl sites for hydroxylation is 1. The summed E-state index contributed by atoms with van der Waals surface area (Å²) in [6.07, 6.45) is 9.08. The molecular formula is C31H45LiN2O5S2. The molecule has 2 aromatic rings. The minimum Gasteiger partial charge on any atom is -1.00 e. The number of benzene rings is 2. The number of hydroxylamine groups is 1. The van der Waals surface area contributed by atoms with Gasteiger partial charge in [0.15, 0.2) is 0 Å². The second-order valence-corrected chi connectivity index (χ2v) is 14.4. The minimum atomic E-state index is -3.16. The summed E-state index contributed by atoms with van der Waals surface area (Å²) in [6, 6.07) is 14.1. The molecule has 1 saturated carbocycles. The molecule has 1 unspecified atom stereocenters. The van der Waals surface area contributed by atoms with Crippen LogP contribution in [0.15, 0.2) is 42.5 Å². The number of thioether (sulfide) groups is 1. The van der Waals surface area contributed by atoms with E-state index in [0.717, 1.165) is 45.9 Å². The van der Waals surface area contributed by atoms with Gasteiger partial charge in [-0.05, 0) is 65.8 Å².